The van der Waals surface area contributed by atoms with Crippen molar-refractivity contribution in [3.8, 4) is 0 Å². The van der Waals surface area contributed by atoms with Gasteiger partial charge in [0.05, 0.1) is 11.0 Å². The molecule has 0 aliphatic carbocycles. The lowest BCUT2D eigenvalue weighted by Crippen LogP contribution is -2.04. The molecule has 1 aromatic carbocycles. The third-order valence-corrected chi connectivity index (χ3v) is 3.79. The molecule has 4 nitrogen and oxygen atoms in total. The van der Waals surface area contributed by atoms with E-state index in [4.69, 9.17) is 17.3 Å². The first kappa shape index (κ1) is 13.2. The van der Waals surface area contributed by atoms with Gasteiger partial charge in [-0.2, -0.15) is 0 Å². The Morgan fingerprint density at radius 2 is 2.05 bits per heavy atom. The summed E-state index contributed by atoms with van der Waals surface area (Å²) in [5.41, 5.74) is 8.86. The number of benzene rings is 1. The van der Waals surface area contributed by atoms with E-state index in [0.717, 1.165) is 47.1 Å². The summed E-state index contributed by atoms with van der Waals surface area (Å²) in [4.78, 5) is 9.11. The molecule has 2 heterocycles. The van der Waals surface area contributed by atoms with E-state index in [0.29, 0.717) is 11.7 Å². The number of hydrogen-bond acceptors (Lipinski definition) is 3. The highest BCUT2D eigenvalue weighted by molar-refractivity contribution is 6.17. The fraction of sp³-hybridized carbons (Fsp3) is 0.333. The lowest BCUT2D eigenvalue weighted by molar-refractivity contribution is 0.663. The maximum atomic E-state index is 6.07. The average molecular weight is 289 g/mol. The second-order valence-corrected chi connectivity index (χ2v) is 5.17. The summed E-state index contributed by atoms with van der Waals surface area (Å²) in [7, 11) is 0. The maximum absolute atomic E-state index is 6.07. The Hall–Kier alpha value is -1.81. The molecule has 2 N–H and O–H groups in total. The molecule has 0 radical (unpaired) electrons. The minimum absolute atomic E-state index is 0.498. The largest absolute Gasteiger partial charge is 0.382 e. The van der Waals surface area contributed by atoms with Crippen molar-refractivity contribution >= 4 is 39.4 Å². The number of anilines is 1. The lowest BCUT2D eigenvalue weighted by Gasteiger charge is -2.09. The van der Waals surface area contributed by atoms with Gasteiger partial charge in [-0.25, -0.2) is 9.97 Å². The van der Waals surface area contributed by atoms with Gasteiger partial charge in [0.1, 0.15) is 11.3 Å². The number of nitrogen functional groups attached to an aromatic ring is 1. The van der Waals surface area contributed by atoms with Gasteiger partial charge in [-0.05, 0) is 12.5 Å². The lowest BCUT2D eigenvalue weighted by atomic mass is 10.2. The molecular weight excluding hydrogens is 272 g/mol. The molecule has 0 atom stereocenters. The number of aromatic nitrogens is 3. The van der Waals surface area contributed by atoms with Gasteiger partial charge in [-0.3, -0.25) is 0 Å². The number of rotatable bonds is 4. The normalized spacial score (nSPS) is 11.5. The smallest absolute Gasteiger partial charge is 0.152 e. The quantitative estimate of drug-likeness (QED) is 0.749. The Kier molecular flexibility index (Phi) is 3.49. The minimum atomic E-state index is 0.498. The van der Waals surface area contributed by atoms with Crippen LogP contribution in [0.4, 0.5) is 5.82 Å². The first-order valence-corrected chi connectivity index (χ1v) is 7.39. The molecule has 3 aromatic rings. The predicted octanol–water partition coefficient (Wildman–Crippen LogP) is 3.36. The van der Waals surface area contributed by atoms with E-state index in [1.165, 1.54) is 0 Å². The van der Waals surface area contributed by atoms with E-state index in [9.17, 15) is 0 Å². The Morgan fingerprint density at radius 1 is 1.25 bits per heavy atom. The summed E-state index contributed by atoms with van der Waals surface area (Å²) in [5.74, 6) is 2.18. The van der Waals surface area contributed by atoms with E-state index in [-0.39, 0.29) is 0 Å². The second-order valence-electron chi connectivity index (χ2n) is 4.79. The summed E-state index contributed by atoms with van der Waals surface area (Å²) in [6, 6.07) is 8.04. The third-order valence-electron chi connectivity index (χ3n) is 3.52. The van der Waals surface area contributed by atoms with Crippen LogP contribution in [-0.2, 0) is 13.0 Å². The van der Waals surface area contributed by atoms with Crippen LogP contribution in [0, 0.1) is 0 Å². The van der Waals surface area contributed by atoms with Crippen molar-refractivity contribution in [3.63, 3.8) is 0 Å². The number of hydrogen-bond donors (Lipinski definition) is 1. The van der Waals surface area contributed by atoms with Crippen LogP contribution >= 0.6 is 11.6 Å². The molecule has 5 heteroatoms. The minimum Gasteiger partial charge on any atom is -0.382 e. The van der Waals surface area contributed by atoms with E-state index in [1.807, 2.05) is 18.2 Å². The highest BCUT2D eigenvalue weighted by atomic mass is 35.5. The second kappa shape index (κ2) is 5.29. The first-order chi connectivity index (χ1) is 9.76. The Morgan fingerprint density at radius 3 is 2.80 bits per heavy atom. The van der Waals surface area contributed by atoms with E-state index < -0.39 is 0 Å². The van der Waals surface area contributed by atoms with Crippen LogP contribution in [0.25, 0.3) is 21.9 Å². The van der Waals surface area contributed by atoms with Crippen LogP contribution in [0.15, 0.2) is 24.3 Å². The molecule has 0 amide bonds. The number of alkyl halides is 1. The zero-order valence-corrected chi connectivity index (χ0v) is 12.2. The molecule has 20 heavy (non-hydrogen) atoms. The first-order valence-electron chi connectivity index (χ1n) is 6.85. The molecule has 0 spiro atoms. The van der Waals surface area contributed by atoms with Crippen molar-refractivity contribution < 1.29 is 0 Å². The molecule has 2 aromatic heterocycles. The number of aryl methyl sites for hydroxylation is 2. The van der Waals surface area contributed by atoms with Crippen molar-refractivity contribution in [1.29, 1.82) is 0 Å². The maximum Gasteiger partial charge on any atom is 0.152 e. The van der Waals surface area contributed by atoms with Gasteiger partial charge in [0.25, 0.3) is 0 Å². The molecule has 0 fully saturated rings. The monoisotopic (exact) mass is 288 g/mol. The fourth-order valence-electron chi connectivity index (χ4n) is 2.63. The predicted molar refractivity (Wildman–Crippen MR) is 84.2 cm³/mol. The number of para-hydroxylation sites is 1. The standard InChI is InChI=1S/C15H17ClN4/c1-2-12-19-13-14(20(12)9-5-8-16)10-6-3-4-7-11(10)18-15(13)17/h3-4,6-7H,2,5,8-9H2,1H3,(H2,17,18). The summed E-state index contributed by atoms with van der Waals surface area (Å²) in [5, 5.41) is 1.10. The van der Waals surface area contributed by atoms with Crippen LogP contribution in [0.1, 0.15) is 19.2 Å². The number of fused-ring (bicyclic) bond motifs is 3. The van der Waals surface area contributed by atoms with Gasteiger partial charge in [0.2, 0.25) is 0 Å². The van der Waals surface area contributed by atoms with E-state index >= 15 is 0 Å². The van der Waals surface area contributed by atoms with Crippen molar-refractivity contribution in [3.05, 3.63) is 30.1 Å². The van der Waals surface area contributed by atoms with E-state index in [1.54, 1.807) is 0 Å². The SMILES string of the molecule is CCc1nc2c(N)nc3ccccc3c2n1CCCCl. The Balaban J connectivity index is 2.38. The number of pyridine rings is 1. The molecule has 3 rings (SSSR count). The van der Waals surface area contributed by atoms with Gasteiger partial charge in [-0.1, -0.05) is 25.1 Å². The number of imidazole rings is 1. The zero-order valence-electron chi connectivity index (χ0n) is 11.4. The van der Waals surface area contributed by atoms with E-state index in [2.05, 4.69) is 27.5 Å². The highest BCUT2D eigenvalue weighted by Gasteiger charge is 2.15. The van der Waals surface area contributed by atoms with Crippen molar-refractivity contribution in [2.45, 2.75) is 26.3 Å². The zero-order chi connectivity index (χ0) is 14.1. The highest BCUT2D eigenvalue weighted by Crippen LogP contribution is 2.29. The van der Waals surface area contributed by atoms with Crippen LogP contribution in [0.2, 0.25) is 0 Å². The third kappa shape index (κ3) is 2.00. The van der Waals surface area contributed by atoms with Crippen LogP contribution in [0.3, 0.4) is 0 Å². The average Bonchev–Trinajstić information content (AvgIpc) is 2.84. The van der Waals surface area contributed by atoms with Crippen molar-refractivity contribution in [2.24, 2.45) is 0 Å². The van der Waals surface area contributed by atoms with Crippen molar-refractivity contribution in [1.82, 2.24) is 14.5 Å². The van der Waals surface area contributed by atoms with Crippen LogP contribution < -0.4 is 5.73 Å². The molecule has 0 aliphatic rings. The summed E-state index contributed by atoms with van der Waals surface area (Å²) in [6.45, 7) is 2.96. The Bertz CT molecular complexity index is 763. The molecule has 0 bridgehead atoms. The van der Waals surface area contributed by atoms with Gasteiger partial charge < -0.3 is 10.3 Å². The molecule has 104 valence electrons. The van der Waals surface area contributed by atoms with Gasteiger partial charge in [-0.15, -0.1) is 11.6 Å². The topological polar surface area (TPSA) is 56.7 Å². The summed E-state index contributed by atoms with van der Waals surface area (Å²) in [6.07, 6.45) is 1.78. The Labute approximate surface area is 122 Å². The number of halogens is 1. The van der Waals surface area contributed by atoms with Crippen LogP contribution in [0.5, 0.6) is 0 Å². The number of nitrogens with zero attached hydrogens (tertiary/aromatic N) is 3. The van der Waals surface area contributed by atoms with Crippen molar-refractivity contribution in [2.75, 3.05) is 11.6 Å². The van der Waals surface area contributed by atoms with Gasteiger partial charge in [0, 0.05) is 24.2 Å². The molecule has 0 aliphatic heterocycles. The fourth-order valence-corrected chi connectivity index (χ4v) is 2.75. The number of nitrogens with two attached hydrogens (primary N) is 1. The molecule has 0 saturated heterocycles. The summed E-state index contributed by atoms with van der Waals surface area (Å²) >= 11 is 5.84. The summed E-state index contributed by atoms with van der Waals surface area (Å²) < 4.78 is 2.23. The molecular formula is C15H17ClN4. The molecule has 0 saturated carbocycles. The van der Waals surface area contributed by atoms with Crippen LogP contribution in [-0.4, -0.2) is 20.4 Å². The van der Waals surface area contributed by atoms with Gasteiger partial charge >= 0.3 is 0 Å². The molecule has 0 unspecified atom stereocenters. The van der Waals surface area contributed by atoms with Gasteiger partial charge in [0.15, 0.2) is 5.82 Å².